The molecule has 1 atom stereocenters. The van der Waals surface area contributed by atoms with Gasteiger partial charge in [0.15, 0.2) is 0 Å². The molecular formula is C19H24ClN3O2. The summed E-state index contributed by atoms with van der Waals surface area (Å²) in [4.78, 5) is 29.9. The number of likely N-dealkylation sites (tertiary alicyclic amines) is 2. The molecule has 6 heteroatoms. The number of benzene rings is 1. The zero-order valence-corrected chi connectivity index (χ0v) is 15.3. The number of carbonyl (C=O) groups is 2. The van der Waals surface area contributed by atoms with Gasteiger partial charge >= 0.3 is 6.03 Å². The number of rotatable bonds is 2. The lowest BCUT2D eigenvalue weighted by Gasteiger charge is -2.44. The van der Waals surface area contributed by atoms with Crippen molar-refractivity contribution in [2.75, 3.05) is 18.4 Å². The Kier molecular flexibility index (Phi) is 4.14. The first-order valence-electron chi connectivity index (χ1n) is 9.17. The number of nitrogens with zero attached hydrogens (tertiary/aromatic N) is 2. The molecule has 4 rings (SSSR count). The fraction of sp³-hybridized carbons (Fsp3) is 0.579. The summed E-state index contributed by atoms with van der Waals surface area (Å²) >= 11 is 6.16. The highest BCUT2D eigenvalue weighted by Gasteiger charge is 2.54. The van der Waals surface area contributed by atoms with Gasteiger partial charge in [0.05, 0.1) is 0 Å². The molecule has 2 heterocycles. The van der Waals surface area contributed by atoms with Gasteiger partial charge in [-0.25, -0.2) is 4.79 Å². The molecule has 2 aliphatic heterocycles. The van der Waals surface area contributed by atoms with E-state index in [1.165, 1.54) is 0 Å². The van der Waals surface area contributed by atoms with E-state index in [0.717, 1.165) is 50.6 Å². The van der Waals surface area contributed by atoms with Gasteiger partial charge in [-0.1, -0.05) is 17.7 Å². The number of halogens is 1. The van der Waals surface area contributed by atoms with Crippen molar-refractivity contribution < 1.29 is 9.59 Å². The summed E-state index contributed by atoms with van der Waals surface area (Å²) in [6, 6.07) is 5.71. The molecule has 1 N–H and O–H groups in total. The smallest absolute Gasteiger partial charge is 0.322 e. The Morgan fingerprint density at radius 2 is 1.96 bits per heavy atom. The number of nitrogens with one attached hydrogen (secondary N) is 1. The van der Waals surface area contributed by atoms with Gasteiger partial charge < -0.3 is 15.1 Å². The Balaban J connectivity index is 1.54. The third-order valence-electron chi connectivity index (χ3n) is 5.79. The SMILES string of the molecule is Cc1ccc(NC(=O)N2CCCC23CCCN(C2CC2)C3=O)cc1Cl. The topological polar surface area (TPSA) is 52.7 Å². The Bertz CT molecular complexity index is 719. The van der Waals surface area contributed by atoms with Crippen LogP contribution in [0.4, 0.5) is 10.5 Å². The number of carbonyl (C=O) groups excluding carboxylic acids is 2. The molecule has 25 heavy (non-hydrogen) atoms. The highest BCUT2D eigenvalue weighted by Crippen LogP contribution is 2.42. The molecular weight excluding hydrogens is 338 g/mol. The molecule has 1 spiro atoms. The van der Waals surface area contributed by atoms with Gasteiger partial charge in [0, 0.05) is 29.8 Å². The molecule has 3 aliphatic rings. The quantitative estimate of drug-likeness (QED) is 0.871. The van der Waals surface area contributed by atoms with E-state index < -0.39 is 5.54 Å². The molecule has 2 saturated heterocycles. The van der Waals surface area contributed by atoms with E-state index in [9.17, 15) is 9.59 Å². The number of amides is 3. The van der Waals surface area contributed by atoms with Crippen LogP contribution in [0.3, 0.4) is 0 Å². The summed E-state index contributed by atoms with van der Waals surface area (Å²) < 4.78 is 0. The highest BCUT2D eigenvalue weighted by atomic mass is 35.5. The minimum absolute atomic E-state index is 0.163. The maximum absolute atomic E-state index is 13.2. The van der Waals surface area contributed by atoms with Crippen molar-refractivity contribution in [3.63, 3.8) is 0 Å². The Hall–Kier alpha value is -1.75. The molecule has 134 valence electrons. The molecule has 1 unspecified atom stereocenters. The number of hydrogen-bond donors (Lipinski definition) is 1. The second-order valence-electron chi connectivity index (χ2n) is 7.51. The third-order valence-corrected chi connectivity index (χ3v) is 6.20. The molecule has 3 fully saturated rings. The van der Waals surface area contributed by atoms with Crippen molar-refractivity contribution in [1.82, 2.24) is 9.80 Å². The van der Waals surface area contributed by atoms with Gasteiger partial charge in [-0.05, 0) is 63.1 Å². The predicted octanol–water partition coefficient (Wildman–Crippen LogP) is 3.80. The predicted molar refractivity (Wildman–Crippen MR) is 97.8 cm³/mol. The van der Waals surface area contributed by atoms with Crippen LogP contribution in [0.15, 0.2) is 18.2 Å². The monoisotopic (exact) mass is 361 g/mol. The van der Waals surface area contributed by atoms with E-state index in [1.54, 1.807) is 11.0 Å². The number of urea groups is 1. The lowest BCUT2D eigenvalue weighted by molar-refractivity contribution is -0.146. The van der Waals surface area contributed by atoms with E-state index in [4.69, 9.17) is 11.6 Å². The summed E-state index contributed by atoms with van der Waals surface area (Å²) in [5, 5.41) is 3.56. The summed E-state index contributed by atoms with van der Waals surface area (Å²) in [5.41, 5.74) is 1.00. The Morgan fingerprint density at radius 3 is 2.64 bits per heavy atom. The molecule has 5 nitrogen and oxygen atoms in total. The van der Waals surface area contributed by atoms with Gasteiger partial charge in [-0.15, -0.1) is 0 Å². The van der Waals surface area contributed by atoms with Crippen LogP contribution >= 0.6 is 11.6 Å². The lowest BCUT2D eigenvalue weighted by atomic mass is 9.85. The second-order valence-corrected chi connectivity index (χ2v) is 7.92. The summed E-state index contributed by atoms with van der Waals surface area (Å²) in [6.07, 6.45) is 5.62. The summed E-state index contributed by atoms with van der Waals surface area (Å²) in [5.74, 6) is 0.163. The van der Waals surface area contributed by atoms with Crippen LogP contribution in [0.25, 0.3) is 0 Å². The number of hydrogen-bond acceptors (Lipinski definition) is 2. The first kappa shape index (κ1) is 16.7. The van der Waals surface area contributed by atoms with Crippen molar-refractivity contribution in [2.24, 2.45) is 0 Å². The van der Waals surface area contributed by atoms with Crippen molar-refractivity contribution >= 4 is 29.2 Å². The van der Waals surface area contributed by atoms with Crippen molar-refractivity contribution in [3.8, 4) is 0 Å². The third kappa shape index (κ3) is 2.88. The normalized spacial score (nSPS) is 26.4. The van der Waals surface area contributed by atoms with E-state index in [-0.39, 0.29) is 11.9 Å². The fourth-order valence-electron chi connectivity index (χ4n) is 4.27. The maximum atomic E-state index is 13.2. The molecule has 1 aromatic rings. The Morgan fingerprint density at radius 1 is 1.24 bits per heavy atom. The Labute approximate surface area is 153 Å². The van der Waals surface area contributed by atoms with Gasteiger partial charge in [0.2, 0.25) is 5.91 Å². The van der Waals surface area contributed by atoms with Gasteiger partial charge in [0.25, 0.3) is 0 Å². The number of piperidine rings is 1. The zero-order valence-electron chi connectivity index (χ0n) is 14.6. The maximum Gasteiger partial charge on any atom is 0.322 e. The molecule has 1 saturated carbocycles. The van der Waals surface area contributed by atoms with E-state index in [1.807, 2.05) is 24.0 Å². The first-order chi connectivity index (χ1) is 12.0. The molecule has 0 bridgehead atoms. The van der Waals surface area contributed by atoms with E-state index in [2.05, 4.69) is 5.32 Å². The van der Waals surface area contributed by atoms with Crippen molar-refractivity contribution in [2.45, 2.75) is 57.0 Å². The van der Waals surface area contributed by atoms with Crippen LogP contribution in [0, 0.1) is 6.92 Å². The molecule has 3 amide bonds. The van der Waals surface area contributed by atoms with E-state index in [0.29, 0.717) is 23.3 Å². The number of anilines is 1. The minimum Gasteiger partial charge on any atom is -0.338 e. The number of aryl methyl sites for hydroxylation is 1. The van der Waals surface area contributed by atoms with Crippen LogP contribution < -0.4 is 5.32 Å². The van der Waals surface area contributed by atoms with Crippen molar-refractivity contribution in [1.29, 1.82) is 0 Å². The molecule has 1 aromatic carbocycles. The first-order valence-corrected chi connectivity index (χ1v) is 9.55. The van der Waals surface area contributed by atoms with Gasteiger partial charge in [-0.3, -0.25) is 4.79 Å². The lowest BCUT2D eigenvalue weighted by Crippen LogP contribution is -2.62. The summed E-state index contributed by atoms with van der Waals surface area (Å²) in [6.45, 7) is 3.40. The highest BCUT2D eigenvalue weighted by molar-refractivity contribution is 6.31. The van der Waals surface area contributed by atoms with Gasteiger partial charge in [-0.2, -0.15) is 0 Å². The molecule has 0 radical (unpaired) electrons. The van der Waals surface area contributed by atoms with Crippen LogP contribution in [0.2, 0.25) is 5.02 Å². The van der Waals surface area contributed by atoms with E-state index >= 15 is 0 Å². The fourth-order valence-corrected chi connectivity index (χ4v) is 4.45. The van der Waals surface area contributed by atoms with Crippen LogP contribution in [-0.4, -0.2) is 46.4 Å². The van der Waals surface area contributed by atoms with Gasteiger partial charge in [0.1, 0.15) is 5.54 Å². The summed E-state index contributed by atoms with van der Waals surface area (Å²) in [7, 11) is 0. The standard InChI is InChI=1S/C19H24ClN3O2/c1-13-4-5-14(12-16(13)20)21-18(25)23-11-3-9-19(23)8-2-10-22(17(19)24)15-6-7-15/h4-5,12,15H,2-3,6-11H2,1H3,(H,21,25). The van der Waals surface area contributed by atoms with Crippen LogP contribution in [0.1, 0.15) is 44.1 Å². The molecule has 1 aliphatic carbocycles. The average Bonchev–Trinajstić information content (AvgIpc) is 3.34. The zero-order chi connectivity index (χ0) is 17.6. The minimum atomic E-state index is -0.639. The second kappa shape index (κ2) is 6.20. The largest absolute Gasteiger partial charge is 0.338 e. The average molecular weight is 362 g/mol. The molecule has 0 aromatic heterocycles. The van der Waals surface area contributed by atoms with Crippen LogP contribution in [-0.2, 0) is 4.79 Å². The van der Waals surface area contributed by atoms with Crippen LogP contribution in [0.5, 0.6) is 0 Å². The van der Waals surface area contributed by atoms with Crippen molar-refractivity contribution in [3.05, 3.63) is 28.8 Å².